The molecule has 4 heteroatoms. The second kappa shape index (κ2) is 2.28. The van der Waals surface area contributed by atoms with Crippen molar-refractivity contribution >= 4 is 11.9 Å². The Labute approximate surface area is 58.5 Å². The van der Waals surface area contributed by atoms with Gasteiger partial charge < -0.3 is 10.1 Å². The van der Waals surface area contributed by atoms with Crippen LogP contribution >= 0.6 is 0 Å². The van der Waals surface area contributed by atoms with Gasteiger partial charge in [-0.3, -0.25) is 4.79 Å². The maximum absolute atomic E-state index is 10.7. The molecular weight excluding hydrogens is 134 g/mol. The maximum Gasteiger partial charge on any atom is 0.408 e. The van der Waals surface area contributed by atoms with Crippen molar-refractivity contribution in [3.05, 3.63) is 0 Å². The van der Waals surface area contributed by atoms with Crippen LogP contribution in [0.1, 0.15) is 13.8 Å². The molecular formula is C6H9NO3. The molecule has 1 aliphatic heterocycles. The van der Waals surface area contributed by atoms with E-state index in [0.29, 0.717) is 0 Å². The van der Waals surface area contributed by atoms with Crippen molar-refractivity contribution in [2.24, 2.45) is 0 Å². The first kappa shape index (κ1) is 7.05. The van der Waals surface area contributed by atoms with E-state index in [9.17, 15) is 9.59 Å². The number of cyclic esters (lactones) is 1. The van der Waals surface area contributed by atoms with Crippen LogP contribution in [0.15, 0.2) is 0 Å². The highest BCUT2D eigenvalue weighted by molar-refractivity contribution is 5.86. The van der Waals surface area contributed by atoms with Gasteiger partial charge in [0.15, 0.2) is 11.9 Å². The molecule has 56 valence electrons. The molecule has 1 amide bonds. The zero-order valence-electron chi connectivity index (χ0n) is 5.88. The van der Waals surface area contributed by atoms with E-state index < -0.39 is 12.2 Å². The van der Waals surface area contributed by atoms with Gasteiger partial charge in [0.2, 0.25) is 0 Å². The van der Waals surface area contributed by atoms with E-state index in [-0.39, 0.29) is 11.8 Å². The van der Waals surface area contributed by atoms with Gasteiger partial charge in [0, 0.05) is 0 Å². The van der Waals surface area contributed by atoms with Crippen LogP contribution < -0.4 is 5.32 Å². The number of carbonyl (C=O) groups is 2. The normalized spacial score (nSPS) is 31.2. The maximum atomic E-state index is 10.7. The molecule has 1 aliphatic rings. The first-order valence-corrected chi connectivity index (χ1v) is 3.09. The molecule has 1 saturated heterocycles. The topological polar surface area (TPSA) is 55.4 Å². The van der Waals surface area contributed by atoms with Crippen LogP contribution in [-0.4, -0.2) is 24.0 Å². The molecule has 0 unspecified atom stereocenters. The molecule has 1 N–H and O–H groups in total. The lowest BCUT2D eigenvalue weighted by Gasteiger charge is -2.06. The fourth-order valence-corrected chi connectivity index (χ4v) is 0.948. The summed E-state index contributed by atoms with van der Waals surface area (Å²) in [5.41, 5.74) is 0. The largest absolute Gasteiger partial charge is 0.436 e. The quantitative estimate of drug-likeness (QED) is 0.565. The molecule has 10 heavy (non-hydrogen) atoms. The minimum atomic E-state index is -0.590. The monoisotopic (exact) mass is 143 g/mol. The number of rotatable bonds is 1. The van der Waals surface area contributed by atoms with Crippen molar-refractivity contribution in [1.82, 2.24) is 5.32 Å². The van der Waals surface area contributed by atoms with Crippen LogP contribution in [0.3, 0.4) is 0 Å². The molecule has 1 rings (SSSR count). The molecule has 0 spiro atoms. The van der Waals surface area contributed by atoms with Gasteiger partial charge in [-0.2, -0.15) is 0 Å². The average Bonchev–Trinajstić information content (AvgIpc) is 2.10. The van der Waals surface area contributed by atoms with E-state index in [0.717, 1.165) is 0 Å². The number of ether oxygens (including phenoxy) is 1. The van der Waals surface area contributed by atoms with E-state index in [2.05, 4.69) is 10.1 Å². The first-order valence-electron chi connectivity index (χ1n) is 3.09. The summed E-state index contributed by atoms with van der Waals surface area (Å²) in [4.78, 5) is 21.2. The molecule has 1 heterocycles. The van der Waals surface area contributed by atoms with Crippen molar-refractivity contribution in [2.75, 3.05) is 0 Å². The van der Waals surface area contributed by atoms with Crippen molar-refractivity contribution in [2.45, 2.75) is 26.0 Å². The Balaban J connectivity index is 2.63. The highest BCUT2D eigenvalue weighted by Crippen LogP contribution is 2.08. The van der Waals surface area contributed by atoms with E-state index in [1.165, 1.54) is 6.92 Å². The Hall–Kier alpha value is -1.06. The predicted octanol–water partition coefficient (Wildman–Crippen LogP) is 0.0723. The summed E-state index contributed by atoms with van der Waals surface area (Å²) in [7, 11) is 0. The molecule has 1 fully saturated rings. The van der Waals surface area contributed by atoms with E-state index in [4.69, 9.17) is 0 Å². The molecule has 0 aromatic heterocycles. The summed E-state index contributed by atoms with van der Waals surface area (Å²) in [5, 5.41) is 2.47. The molecule has 0 radical (unpaired) electrons. The number of alkyl carbamates (subject to hydrolysis) is 1. The Morgan fingerprint density at radius 2 is 2.30 bits per heavy atom. The fourth-order valence-electron chi connectivity index (χ4n) is 0.948. The molecule has 0 aromatic carbocycles. The molecule has 0 aromatic rings. The smallest absolute Gasteiger partial charge is 0.408 e. The highest BCUT2D eigenvalue weighted by atomic mass is 16.6. The summed E-state index contributed by atoms with van der Waals surface area (Å²) in [6.45, 7) is 3.14. The van der Waals surface area contributed by atoms with Gasteiger partial charge in [-0.25, -0.2) is 4.79 Å². The average molecular weight is 143 g/mol. The standard InChI is InChI=1S/C6H9NO3/c1-3-5(4(2)8)10-6(9)7-3/h3,5H,1-2H3,(H,7,9)/t3-,5+/m1/s1. The number of amides is 1. The Kier molecular flexibility index (Phi) is 1.61. The number of hydrogen-bond acceptors (Lipinski definition) is 3. The van der Waals surface area contributed by atoms with Crippen molar-refractivity contribution in [3.63, 3.8) is 0 Å². The summed E-state index contributed by atoms with van der Waals surface area (Å²) >= 11 is 0. The van der Waals surface area contributed by atoms with Crippen LogP contribution in [0.4, 0.5) is 4.79 Å². The zero-order chi connectivity index (χ0) is 7.72. The van der Waals surface area contributed by atoms with Gasteiger partial charge in [0.05, 0.1) is 6.04 Å². The minimum absolute atomic E-state index is 0.120. The lowest BCUT2D eigenvalue weighted by Crippen LogP contribution is -2.32. The van der Waals surface area contributed by atoms with Crippen molar-refractivity contribution < 1.29 is 14.3 Å². The Morgan fingerprint density at radius 1 is 1.70 bits per heavy atom. The van der Waals surface area contributed by atoms with Gasteiger partial charge in [-0.15, -0.1) is 0 Å². The van der Waals surface area contributed by atoms with Gasteiger partial charge in [-0.1, -0.05) is 0 Å². The molecule has 0 aliphatic carbocycles. The summed E-state index contributed by atoms with van der Waals surface area (Å²) in [6, 6.07) is -0.190. The van der Waals surface area contributed by atoms with Crippen LogP contribution in [0.25, 0.3) is 0 Å². The third-order valence-electron chi connectivity index (χ3n) is 1.43. The molecule has 4 nitrogen and oxygen atoms in total. The SMILES string of the molecule is CC(=O)[C@H]1OC(=O)N[C@@H]1C. The third-order valence-corrected chi connectivity index (χ3v) is 1.43. The fraction of sp³-hybridized carbons (Fsp3) is 0.667. The number of nitrogens with one attached hydrogen (secondary N) is 1. The highest BCUT2D eigenvalue weighted by Gasteiger charge is 2.33. The summed E-state index contributed by atoms with van der Waals surface area (Å²) < 4.78 is 4.64. The summed E-state index contributed by atoms with van der Waals surface area (Å²) in [6.07, 6.45) is -1.10. The molecule has 2 atom stereocenters. The molecule has 0 bridgehead atoms. The van der Waals surface area contributed by atoms with Gasteiger partial charge in [0.1, 0.15) is 0 Å². The summed E-state index contributed by atoms with van der Waals surface area (Å²) in [5.74, 6) is -0.120. The lowest BCUT2D eigenvalue weighted by molar-refractivity contribution is -0.124. The van der Waals surface area contributed by atoms with Crippen molar-refractivity contribution in [1.29, 1.82) is 0 Å². The Morgan fingerprint density at radius 3 is 2.50 bits per heavy atom. The Bertz CT molecular complexity index is 178. The van der Waals surface area contributed by atoms with Crippen molar-refractivity contribution in [3.8, 4) is 0 Å². The first-order chi connectivity index (χ1) is 4.61. The number of ketones is 1. The lowest BCUT2D eigenvalue weighted by atomic mass is 10.1. The van der Waals surface area contributed by atoms with E-state index >= 15 is 0 Å². The van der Waals surface area contributed by atoms with Gasteiger partial charge >= 0.3 is 6.09 Å². The van der Waals surface area contributed by atoms with Crippen LogP contribution in [0.2, 0.25) is 0 Å². The van der Waals surface area contributed by atoms with E-state index in [1.807, 2.05) is 0 Å². The second-order valence-corrected chi connectivity index (χ2v) is 2.37. The number of Topliss-reactive ketones (excluding diaryl/α,β-unsaturated/α-hetero) is 1. The number of hydrogen-bond donors (Lipinski definition) is 1. The van der Waals surface area contributed by atoms with Gasteiger partial charge in [-0.05, 0) is 13.8 Å². The number of carbonyl (C=O) groups excluding carboxylic acids is 2. The van der Waals surface area contributed by atoms with Crippen LogP contribution in [0.5, 0.6) is 0 Å². The second-order valence-electron chi connectivity index (χ2n) is 2.37. The zero-order valence-corrected chi connectivity index (χ0v) is 5.88. The van der Waals surface area contributed by atoms with Crippen LogP contribution in [-0.2, 0) is 9.53 Å². The molecule has 0 saturated carbocycles. The predicted molar refractivity (Wildman–Crippen MR) is 33.5 cm³/mol. The van der Waals surface area contributed by atoms with E-state index in [1.54, 1.807) is 6.92 Å². The minimum Gasteiger partial charge on any atom is -0.436 e. The van der Waals surface area contributed by atoms with Gasteiger partial charge in [0.25, 0.3) is 0 Å². The third kappa shape index (κ3) is 1.10. The van der Waals surface area contributed by atoms with Crippen LogP contribution in [0, 0.1) is 0 Å².